The van der Waals surface area contributed by atoms with E-state index in [1.807, 2.05) is 60.7 Å². The number of hydrogen-bond acceptors (Lipinski definition) is 0. The van der Waals surface area contributed by atoms with Crippen LogP contribution in [0.2, 0.25) is 0 Å². The van der Waals surface area contributed by atoms with Crippen molar-refractivity contribution >= 4 is 0 Å². The van der Waals surface area contributed by atoms with Crippen molar-refractivity contribution in [3.63, 3.8) is 0 Å². The molecule has 1 heteroatoms. The van der Waals surface area contributed by atoms with Gasteiger partial charge in [0.1, 0.15) is 0 Å². The van der Waals surface area contributed by atoms with E-state index < -0.39 is 0 Å². The predicted molar refractivity (Wildman–Crippen MR) is 56.9 cm³/mol. The van der Waals surface area contributed by atoms with Crippen molar-refractivity contribution in [1.82, 2.24) is 0 Å². The van der Waals surface area contributed by atoms with Crippen molar-refractivity contribution in [3.8, 4) is 0 Å². The average molecular weight is 251 g/mol. The second kappa shape index (κ2) is 14.1. The smallest absolute Gasteiger partial charge is 0.358 e. The topological polar surface area (TPSA) is 0 Å². The van der Waals surface area contributed by atoms with Crippen molar-refractivity contribution in [1.29, 1.82) is 0 Å². The fraction of sp³-hybridized carbons (Fsp3) is 0. The Morgan fingerprint density at radius 2 is 0.769 bits per heavy atom. The summed E-state index contributed by atoms with van der Waals surface area (Å²) < 4.78 is 0. The summed E-state index contributed by atoms with van der Waals surface area (Å²) in [5.74, 6) is 0. The molecule has 0 unspecified atom stereocenters. The SMILES string of the molecule is [CH3-].[CH3-].[Zr+4].c1cc[cH-]c1.c1cc[cH-]c1. The zero-order chi connectivity index (χ0) is 7.07. The summed E-state index contributed by atoms with van der Waals surface area (Å²) >= 11 is 0. The molecule has 0 N–H and O–H groups in total. The molecule has 0 aromatic heterocycles. The fourth-order valence-electron chi connectivity index (χ4n) is 0.642. The molecule has 2 aromatic carbocycles. The molecule has 0 atom stereocenters. The van der Waals surface area contributed by atoms with E-state index in [0.29, 0.717) is 0 Å². The van der Waals surface area contributed by atoms with Crippen LogP contribution in [0.1, 0.15) is 0 Å². The first-order valence-corrected chi connectivity index (χ1v) is 3.33. The minimum Gasteiger partial charge on any atom is -0.358 e. The third kappa shape index (κ3) is 11.6. The van der Waals surface area contributed by atoms with Gasteiger partial charge in [0.05, 0.1) is 0 Å². The van der Waals surface area contributed by atoms with Gasteiger partial charge >= 0.3 is 26.2 Å². The van der Waals surface area contributed by atoms with Gasteiger partial charge in [-0.25, -0.2) is 24.3 Å². The molecule has 0 amide bonds. The molecule has 0 saturated heterocycles. The molecule has 0 spiro atoms. The van der Waals surface area contributed by atoms with Gasteiger partial charge in [0, 0.05) is 0 Å². The van der Waals surface area contributed by atoms with E-state index in [4.69, 9.17) is 0 Å². The van der Waals surface area contributed by atoms with E-state index in [1.54, 1.807) is 0 Å². The summed E-state index contributed by atoms with van der Waals surface area (Å²) in [7, 11) is 0. The average Bonchev–Trinajstić information content (AvgIpc) is 2.67. The van der Waals surface area contributed by atoms with E-state index in [-0.39, 0.29) is 41.1 Å². The molecular weight excluding hydrogens is 235 g/mol. The van der Waals surface area contributed by atoms with Crippen LogP contribution < -0.4 is 0 Å². The Morgan fingerprint density at radius 3 is 0.846 bits per heavy atom. The molecule has 68 valence electrons. The predicted octanol–water partition coefficient (Wildman–Crippen LogP) is 3.71. The van der Waals surface area contributed by atoms with E-state index in [1.165, 1.54) is 0 Å². The molecule has 0 nitrogen and oxygen atoms in total. The standard InChI is InChI=1S/2C5H5.2CH3.Zr/c2*1-2-4-5-3-1;;;/h2*1-5H;2*1H3;/q4*-1;+4. The fourth-order valence-corrected chi connectivity index (χ4v) is 0.642. The van der Waals surface area contributed by atoms with Crippen LogP contribution in [-0.4, -0.2) is 0 Å². The largest absolute Gasteiger partial charge is 4.00 e. The molecule has 0 bridgehead atoms. The van der Waals surface area contributed by atoms with Gasteiger partial charge in [-0.3, -0.25) is 0 Å². The van der Waals surface area contributed by atoms with Crippen LogP contribution in [-0.2, 0) is 26.2 Å². The molecule has 0 heterocycles. The van der Waals surface area contributed by atoms with Gasteiger partial charge in [-0.1, -0.05) is 0 Å². The Hall–Kier alpha value is -0.417. The zero-order valence-electron chi connectivity index (χ0n) is 8.27. The second-order valence-corrected chi connectivity index (χ2v) is 1.92. The number of hydrogen-bond donors (Lipinski definition) is 0. The van der Waals surface area contributed by atoms with Crippen molar-refractivity contribution in [2.45, 2.75) is 0 Å². The number of rotatable bonds is 0. The molecule has 0 aliphatic carbocycles. The van der Waals surface area contributed by atoms with Crippen molar-refractivity contribution in [3.05, 3.63) is 75.5 Å². The van der Waals surface area contributed by atoms with Crippen LogP contribution >= 0.6 is 0 Å². The maximum absolute atomic E-state index is 2.00. The maximum Gasteiger partial charge on any atom is 4.00 e. The normalized spacial score (nSPS) is 6.15. The molecule has 0 radical (unpaired) electrons. The Bertz CT molecular complexity index is 144. The van der Waals surface area contributed by atoms with Crippen molar-refractivity contribution in [2.24, 2.45) is 0 Å². The molecule has 0 fully saturated rings. The van der Waals surface area contributed by atoms with Crippen LogP contribution in [0, 0.1) is 14.9 Å². The third-order valence-corrected chi connectivity index (χ3v) is 1.11. The molecule has 13 heavy (non-hydrogen) atoms. The van der Waals surface area contributed by atoms with Gasteiger partial charge in [-0.2, -0.15) is 36.4 Å². The minimum absolute atomic E-state index is 0. The van der Waals surface area contributed by atoms with Gasteiger partial charge in [0.15, 0.2) is 0 Å². The first-order chi connectivity index (χ1) is 5.00. The molecule has 2 aromatic rings. The minimum atomic E-state index is 0. The van der Waals surface area contributed by atoms with Crippen molar-refractivity contribution in [2.75, 3.05) is 0 Å². The summed E-state index contributed by atoms with van der Waals surface area (Å²) in [6.45, 7) is 0. The van der Waals surface area contributed by atoms with Gasteiger partial charge in [0.2, 0.25) is 0 Å². The van der Waals surface area contributed by atoms with E-state index in [0.717, 1.165) is 0 Å². The first kappa shape index (κ1) is 18.4. The van der Waals surface area contributed by atoms with Gasteiger partial charge < -0.3 is 14.9 Å². The second-order valence-electron chi connectivity index (χ2n) is 1.92. The van der Waals surface area contributed by atoms with Crippen molar-refractivity contribution < 1.29 is 26.2 Å². The Kier molecular flexibility index (Phi) is 20.0. The third-order valence-electron chi connectivity index (χ3n) is 1.11. The van der Waals surface area contributed by atoms with Crippen LogP contribution in [0.4, 0.5) is 0 Å². The zero-order valence-corrected chi connectivity index (χ0v) is 10.7. The maximum atomic E-state index is 2.00. The molecule has 2 rings (SSSR count). The van der Waals surface area contributed by atoms with E-state index >= 15 is 0 Å². The van der Waals surface area contributed by atoms with Crippen LogP contribution in [0.15, 0.2) is 60.7 Å². The summed E-state index contributed by atoms with van der Waals surface area (Å²) in [4.78, 5) is 0. The summed E-state index contributed by atoms with van der Waals surface area (Å²) in [6, 6.07) is 20.0. The van der Waals surface area contributed by atoms with E-state index in [9.17, 15) is 0 Å². The Balaban J connectivity index is -0.000000125. The summed E-state index contributed by atoms with van der Waals surface area (Å²) in [6.07, 6.45) is 0. The quantitative estimate of drug-likeness (QED) is 0.626. The Morgan fingerprint density at radius 1 is 0.538 bits per heavy atom. The molecule has 0 saturated carbocycles. The molecule has 0 aliphatic heterocycles. The van der Waals surface area contributed by atoms with E-state index in [2.05, 4.69) is 0 Å². The summed E-state index contributed by atoms with van der Waals surface area (Å²) in [5, 5.41) is 0. The Labute approximate surface area is 101 Å². The van der Waals surface area contributed by atoms with Gasteiger partial charge in [-0.15, -0.1) is 0 Å². The monoisotopic (exact) mass is 250 g/mol. The first-order valence-electron chi connectivity index (χ1n) is 3.33. The van der Waals surface area contributed by atoms with Crippen LogP contribution in [0.25, 0.3) is 0 Å². The van der Waals surface area contributed by atoms with Crippen LogP contribution in [0.5, 0.6) is 0 Å². The van der Waals surface area contributed by atoms with Crippen LogP contribution in [0.3, 0.4) is 0 Å². The summed E-state index contributed by atoms with van der Waals surface area (Å²) in [5.41, 5.74) is 0. The van der Waals surface area contributed by atoms with Gasteiger partial charge in [-0.05, 0) is 0 Å². The van der Waals surface area contributed by atoms with Gasteiger partial charge in [0.25, 0.3) is 0 Å². The molecule has 0 aliphatic rings. The molecular formula is C12H16Zr.